The highest BCUT2D eigenvalue weighted by atomic mass is 16.5. The van der Waals surface area contributed by atoms with E-state index in [2.05, 4.69) is 32.4 Å². The van der Waals surface area contributed by atoms with Crippen LogP contribution >= 0.6 is 0 Å². The molecule has 1 unspecified atom stereocenters. The smallest absolute Gasteiger partial charge is 0.316 e. The number of carbonyl (C=O) groups is 1. The molecule has 4 rings (SSSR count). The number of hydrogen-bond acceptors (Lipinski definition) is 7. The quantitative estimate of drug-likeness (QED) is 0.632. The fourth-order valence-electron chi connectivity index (χ4n) is 3.70. The van der Waals surface area contributed by atoms with Gasteiger partial charge < -0.3 is 9.84 Å². The van der Waals surface area contributed by atoms with Gasteiger partial charge in [-0.25, -0.2) is 4.68 Å². The average Bonchev–Trinajstić information content (AvgIpc) is 3.43. The van der Waals surface area contributed by atoms with Crippen LogP contribution in [-0.4, -0.2) is 56.4 Å². The van der Waals surface area contributed by atoms with Crippen LogP contribution in [0.15, 0.2) is 51.8 Å². The van der Waals surface area contributed by atoms with E-state index in [-0.39, 0.29) is 23.8 Å². The fraction of sp³-hybridized carbons (Fsp3) is 0.381. The molecule has 1 N–H and O–H groups in total. The molecule has 30 heavy (non-hydrogen) atoms. The summed E-state index contributed by atoms with van der Waals surface area (Å²) in [6.07, 6.45) is 2.21. The summed E-state index contributed by atoms with van der Waals surface area (Å²) in [7, 11) is 0. The van der Waals surface area contributed by atoms with Gasteiger partial charge in [0.25, 0.3) is 5.56 Å². The van der Waals surface area contributed by atoms with Crippen LogP contribution in [0.25, 0.3) is 11.3 Å². The van der Waals surface area contributed by atoms with Crippen LogP contribution in [0.1, 0.15) is 36.3 Å². The SMILES string of the molecule is CCN1CCCC1CNC(=O)c1nc(Cn2nc(-c3ccccc3)ccc2=O)no1. The molecule has 1 amide bonds. The molecule has 9 heteroatoms. The van der Waals surface area contributed by atoms with Gasteiger partial charge in [0.15, 0.2) is 5.82 Å². The monoisotopic (exact) mass is 408 g/mol. The van der Waals surface area contributed by atoms with E-state index in [1.165, 1.54) is 10.7 Å². The molecular formula is C21H24N6O3. The van der Waals surface area contributed by atoms with Gasteiger partial charge in [-0.2, -0.15) is 10.1 Å². The topological polar surface area (TPSA) is 106 Å². The molecule has 3 heterocycles. The van der Waals surface area contributed by atoms with Crippen molar-refractivity contribution in [3.05, 3.63) is 64.5 Å². The molecule has 9 nitrogen and oxygen atoms in total. The third kappa shape index (κ3) is 4.46. The highest BCUT2D eigenvalue weighted by molar-refractivity contribution is 5.89. The van der Waals surface area contributed by atoms with Crippen LogP contribution in [0, 0.1) is 0 Å². The molecular weight excluding hydrogens is 384 g/mol. The van der Waals surface area contributed by atoms with E-state index in [0.717, 1.165) is 31.5 Å². The highest BCUT2D eigenvalue weighted by Gasteiger charge is 2.24. The summed E-state index contributed by atoms with van der Waals surface area (Å²) >= 11 is 0. The standard InChI is InChI=1S/C21H24N6O3/c1-2-26-12-6-9-16(26)13-22-20(29)21-23-18(25-30-21)14-27-19(28)11-10-17(24-27)15-7-4-3-5-8-15/h3-5,7-8,10-11,16H,2,6,9,12-14H2,1H3,(H,22,29). The molecule has 0 bridgehead atoms. The second-order valence-electron chi connectivity index (χ2n) is 7.23. The summed E-state index contributed by atoms with van der Waals surface area (Å²) < 4.78 is 6.35. The lowest BCUT2D eigenvalue weighted by molar-refractivity contribution is 0.0897. The zero-order valence-electron chi connectivity index (χ0n) is 16.8. The molecule has 1 aliphatic heterocycles. The maximum atomic E-state index is 12.4. The summed E-state index contributed by atoms with van der Waals surface area (Å²) in [5.74, 6) is -0.302. The Labute approximate surface area is 173 Å². The molecule has 1 fully saturated rings. The van der Waals surface area contributed by atoms with Crippen molar-refractivity contribution in [3.63, 3.8) is 0 Å². The lowest BCUT2D eigenvalue weighted by Crippen LogP contribution is -2.40. The summed E-state index contributed by atoms with van der Waals surface area (Å²) in [5, 5.41) is 11.1. The van der Waals surface area contributed by atoms with E-state index in [9.17, 15) is 9.59 Å². The number of benzene rings is 1. The first kappa shape index (κ1) is 20.0. The summed E-state index contributed by atoms with van der Waals surface area (Å²) in [5.41, 5.74) is 1.27. The normalized spacial score (nSPS) is 16.6. The van der Waals surface area contributed by atoms with Gasteiger partial charge in [0.1, 0.15) is 6.54 Å². The molecule has 1 saturated heterocycles. The lowest BCUT2D eigenvalue weighted by Gasteiger charge is -2.22. The van der Waals surface area contributed by atoms with E-state index in [0.29, 0.717) is 18.3 Å². The van der Waals surface area contributed by atoms with Crippen molar-refractivity contribution in [1.82, 2.24) is 30.1 Å². The summed E-state index contributed by atoms with van der Waals surface area (Å²) in [6.45, 7) is 4.71. The molecule has 156 valence electrons. The van der Waals surface area contributed by atoms with Crippen molar-refractivity contribution in [2.75, 3.05) is 19.6 Å². The van der Waals surface area contributed by atoms with Gasteiger partial charge in [-0.05, 0) is 32.0 Å². The summed E-state index contributed by atoms with van der Waals surface area (Å²) in [4.78, 5) is 31.0. The van der Waals surface area contributed by atoms with Gasteiger partial charge in [0.2, 0.25) is 0 Å². The Morgan fingerprint density at radius 2 is 2.07 bits per heavy atom. The Morgan fingerprint density at radius 1 is 1.23 bits per heavy atom. The lowest BCUT2D eigenvalue weighted by atomic mass is 10.1. The Morgan fingerprint density at radius 3 is 2.87 bits per heavy atom. The minimum Gasteiger partial charge on any atom is -0.346 e. The first-order valence-electron chi connectivity index (χ1n) is 10.1. The second-order valence-corrected chi connectivity index (χ2v) is 7.23. The predicted molar refractivity (Wildman–Crippen MR) is 110 cm³/mol. The second kappa shape index (κ2) is 9.00. The van der Waals surface area contributed by atoms with E-state index < -0.39 is 5.91 Å². The minimum absolute atomic E-state index is 0.0164. The Bertz CT molecular complexity index is 1060. The average molecular weight is 408 g/mol. The zero-order valence-corrected chi connectivity index (χ0v) is 16.8. The third-order valence-corrected chi connectivity index (χ3v) is 5.29. The third-order valence-electron chi connectivity index (χ3n) is 5.29. The maximum Gasteiger partial charge on any atom is 0.316 e. The number of amides is 1. The van der Waals surface area contributed by atoms with Crippen LogP contribution in [0.2, 0.25) is 0 Å². The largest absolute Gasteiger partial charge is 0.346 e. The van der Waals surface area contributed by atoms with Gasteiger partial charge in [-0.15, -0.1) is 0 Å². The van der Waals surface area contributed by atoms with Crippen molar-refractivity contribution in [1.29, 1.82) is 0 Å². The molecule has 0 spiro atoms. The molecule has 0 saturated carbocycles. The van der Waals surface area contributed by atoms with Crippen LogP contribution < -0.4 is 10.9 Å². The molecule has 0 radical (unpaired) electrons. The van der Waals surface area contributed by atoms with Crippen molar-refractivity contribution >= 4 is 5.91 Å². The van der Waals surface area contributed by atoms with Crippen molar-refractivity contribution in [2.24, 2.45) is 0 Å². The summed E-state index contributed by atoms with van der Waals surface area (Å²) in [6, 6.07) is 13.0. The number of likely N-dealkylation sites (N-methyl/N-ethyl adjacent to an activating group) is 1. The number of hydrogen-bond donors (Lipinski definition) is 1. The predicted octanol–water partition coefficient (Wildman–Crippen LogP) is 1.56. The molecule has 2 aromatic heterocycles. The first-order valence-corrected chi connectivity index (χ1v) is 10.1. The van der Waals surface area contributed by atoms with E-state index in [4.69, 9.17) is 4.52 Å². The van der Waals surface area contributed by atoms with Crippen LogP contribution in [0.4, 0.5) is 0 Å². The number of aromatic nitrogens is 4. The van der Waals surface area contributed by atoms with E-state index >= 15 is 0 Å². The van der Waals surface area contributed by atoms with Gasteiger partial charge in [-0.3, -0.25) is 14.5 Å². The van der Waals surface area contributed by atoms with Crippen molar-refractivity contribution in [3.8, 4) is 11.3 Å². The van der Waals surface area contributed by atoms with Gasteiger partial charge >= 0.3 is 11.8 Å². The first-order chi connectivity index (χ1) is 14.6. The molecule has 3 aromatic rings. The van der Waals surface area contributed by atoms with Crippen molar-refractivity contribution in [2.45, 2.75) is 32.4 Å². The molecule has 0 aliphatic carbocycles. The van der Waals surface area contributed by atoms with E-state index in [1.54, 1.807) is 6.07 Å². The van der Waals surface area contributed by atoms with Crippen LogP contribution in [0.5, 0.6) is 0 Å². The van der Waals surface area contributed by atoms with Crippen LogP contribution in [-0.2, 0) is 6.54 Å². The number of carbonyl (C=O) groups excluding carboxylic acids is 1. The Kier molecular flexibility index (Phi) is 5.99. The number of nitrogens with one attached hydrogen (secondary N) is 1. The van der Waals surface area contributed by atoms with Gasteiger partial charge in [0.05, 0.1) is 5.69 Å². The fourth-order valence-corrected chi connectivity index (χ4v) is 3.70. The Hall–Kier alpha value is -3.33. The van der Waals surface area contributed by atoms with Crippen molar-refractivity contribution < 1.29 is 9.32 Å². The van der Waals surface area contributed by atoms with E-state index in [1.807, 2.05) is 30.3 Å². The molecule has 1 atom stereocenters. The molecule has 1 aromatic carbocycles. The Balaban J connectivity index is 1.42. The van der Waals surface area contributed by atoms with Crippen LogP contribution in [0.3, 0.4) is 0 Å². The van der Waals surface area contributed by atoms with Gasteiger partial charge in [-0.1, -0.05) is 42.4 Å². The maximum absolute atomic E-state index is 12.4. The number of rotatable bonds is 7. The number of likely N-dealkylation sites (tertiary alicyclic amines) is 1. The highest BCUT2D eigenvalue weighted by Crippen LogP contribution is 2.16. The number of nitrogens with zero attached hydrogens (tertiary/aromatic N) is 5. The zero-order chi connectivity index (χ0) is 20.9. The minimum atomic E-state index is -0.407. The molecule has 1 aliphatic rings. The van der Waals surface area contributed by atoms with Gasteiger partial charge in [0, 0.05) is 24.2 Å².